The van der Waals surface area contributed by atoms with Crippen LogP contribution in [-0.4, -0.2) is 134 Å². The Hall–Kier alpha value is -7.23. The molecule has 0 bridgehead atoms. The number of nitrogens with zero attached hydrogens (tertiary/aromatic N) is 13. The zero-order valence-electron chi connectivity index (χ0n) is 38.6. The normalized spacial score (nSPS) is 13.2. The van der Waals surface area contributed by atoms with Crippen molar-refractivity contribution >= 4 is 84.3 Å². The van der Waals surface area contributed by atoms with E-state index in [4.69, 9.17) is 19.7 Å². The van der Waals surface area contributed by atoms with Gasteiger partial charge in [0.05, 0.1) is 59.1 Å². The maximum atomic E-state index is 15.4. The highest BCUT2D eigenvalue weighted by Gasteiger charge is 2.24. The number of hydrogen-bond acceptors (Lipinski definition) is 14. The molecule has 0 atom stereocenters. The molecule has 0 unspecified atom stereocenters. The van der Waals surface area contributed by atoms with Gasteiger partial charge in [0.25, 0.3) is 5.91 Å². The quantitative estimate of drug-likeness (QED) is 0.0868. The number of halogens is 3. The van der Waals surface area contributed by atoms with Gasteiger partial charge in [-0.15, -0.1) is 0 Å². The highest BCUT2D eigenvalue weighted by atomic mass is 79.9. The van der Waals surface area contributed by atoms with Crippen molar-refractivity contribution in [1.82, 2.24) is 53.5 Å². The van der Waals surface area contributed by atoms with E-state index in [-0.39, 0.29) is 29.7 Å². The van der Waals surface area contributed by atoms with Crippen molar-refractivity contribution in [2.75, 3.05) is 100 Å². The summed E-state index contributed by atoms with van der Waals surface area (Å²) in [5.41, 5.74) is 5.12. The molecule has 1 aliphatic rings. The van der Waals surface area contributed by atoms with Crippen LogP contribution in [0.3, 0.4) is 0 Å². The van der Waals surface area contributed by atoms with Crippen molar-refractivity contribution < 1.29 is 18.3 Å². The van der Waals surface area contributed by atoms with Crippen molar-refractivity contribution in [2.45, 2.75) is 13.1 Å². The van der Waals surface area contributed by atoms with Crippen LogP contribution >= 0.6 is 15.9 Å². The molecule has 9 rings (SSSR count). The number of fused-ring (bicyclic) bond motifs is 3. The first-order valence-corrected chi connectivity index (χ1v) is 22.7. The Morgan fingerprint density at radius 2 is 1.74 bits per heavy atom. The van der Waals surface area contributed by atoms with Crippen LogP contribution < -0.4 is 30.5 Å². The smallest absolute Gasteiger partial charge is 0.252 e. The summed E-state index contributed by atoms with van der Waals surface area (Å²) in [6.07, 6.45) is 5.36. The summed E-state index contributed by atoms with van der Waals surface area (Å²) in [4.78, 5) is 46.4. The first-order valence-electron chi connectivity index (χ1n) is 21.9. The van der Waals surface area contributed by atoms with E-state index in [1.54, 1.807) is 34.7 Å². The van der Waals surface area contributed by atoms with Crippen LogP contribution in [-0.2, 0) is 24.9 Å². The van der Waals surface area contributed by atoms with Gasteiger partial charge in [-0.1, -0.05) is 24.8 Å². The molecule has 0 spiro atoms. The van der Waals surface area contributed by atoms with Gasteiger partial charge in [-0.2, -0.15) is 19.6 Å². The molecule has 1 fully saturated rings. The average molecular weight is 990 g/mol. The van der Waals surface area contributed by atoms with E-state index in [1.165, 1.54) is 6.07 Å². The van der Waals surface area contributed by atoms with Gasteiger partial charge in [-0.25, -0.2) is 23.7 Å². The zero-order chi connectivity index (χ0) is 47.8. The Kier molecular flexibility index (Phi) is 12.9. The molecular formula is C47H51BrF2N16O2. The number of piperazine rings is 1. The first kappa shape index (κ1) is 45.9. The number of aryl methyl sites for hydroxylation is 1. The summed E-state index contributed by atoms with van der Waals surface area (Å²) < 4.78 is 42.0. The third-order valence-corrected chi connectivity index (χ3v) is 12.6. The molecule has 352 valence electrons. The largest absolute Gasteiger partial charge is 0.494 e. The second-order valence-corrected chi connectivity index (χ2v) is 17.8. The molecule has 6 heterocycles. The fourth-order valence-corrected chi connectivity index (χ4v) is 8.53. The lowest BCUT2D eigenvalue weighted by atomic mass is 10.1. The summed E-state index contributed by atoms with van der Waals surface area (Å²) in [5.74, 6) is -0.689. The summed E-state index contributed by atoms with van der Waals surface area (Å²) in [7, 11) is 11.5. The molecule has 68 heavy (non-hydrogen) atoms. The second kappa shape index (κ2) is 19.2. The van der Waals surface area contributed by atoms with Crippen LogP contribution in [0.5, 0.6) is 5.75 Å². The third kappa shape index (κ3) is 9.23. The number of methoxy groups -OCH3 is 1. The fourth-order valence-electron chi connectivity index (χ4n) is 8.18. The fraction of sp³-hybridized carbons (Fsp3) is 0.298. The Morgan fingerprint density at radius 1 is 0.941 bits per heavy atom. The van der Waals surface area contributed by atoms with E-state index >= 15 is 4.39 Å². The van der Waals surface area contributed by atoms with Gasteiger partial charge >= 0.3 is 0 Å². The number of imidazole rings is 1. The van der Waals surface area contributed by atoms with E-state index in [0.29, 0.717) is 63.1 Å². The predicted octanol–water partition coefficient (Wildman–Crippen LogP) is 6.77. The molecule has 1 aliphatic heterocycles. The molecule has 1 amide bonds. The summed E-state index contributed by atoms with van der Waals surface area (Å²) >= 11 is 3.56. The van der Waals surface area contributed by atoms with Crippen molar-refractivity contribution in [3.63, 3.8) is 0 Å². The van der Waals surface area contributed by atoms with Crippen molar-refractivity contribution in [2.24, 2.45) is 7.05 Å². The van der Waals surface area contributed by atoms with Crippen LogP contribution in [0.25, 0.3) is 38.8 Å². The number of carbonyl (C=O) groups is 1. The van der Waals surface area contributed by atoms with Crippen molar-refractivity contribution in [1.29, 1.82) is 0 Å². The van der Waals surface area contributed by atoms with Crippen molar-refractivity contribution in [3.8, 4) is 17.0 Å². The Balaban J connectivity index is 1.01. The van der Waals surface area contributed by atoms with Crippen LogP contribution in [0, 0.1) is 11.6 Å². The molecular weight excluding hydrogens is 939 g/mol. The zero-order valence-corrected chi connectivity index (χ0v) is 40.1. The van der Waals surface area contributed by atoms with E-state index in [0.717, 1.165) is 61.0 Å². The summed E-state index contributed by atoms with van der Waals surface area (Å²) in [6, 6.07) is 16.1. The predicted molar refractivity (Wildman–Crippen MR) is 265 cm³/mol. The van der Waals surface area contributed by atoms with E-state index in [9.17, 15) is 9.18 Å². The number of amides is 1. The lowest BCUT2D eigenvalue weighted by molar-refractivity contribution is -0.113. The van der Waals surface area contributed by atoms with Gasteiger partial charge in [0.1, 0.15) is 17.1 Å². The Morgan fingerprint density at radius 3 is 2.51 bits per heavy atom. The van der Waals surface area contributed by atoms with Gasteiger partial charge in [0.2, 0.25) is 17.8 Å². The van der Waals surface area contributed by atoms with E-state index < -0.39 is 17.5 Å². The number of benzene rings is 3. The molecule has 21 heteroatoms. The number of rotatable bonds is 16. The van der Waals surface area contributed by atoms with Crippen LogP contribution in [0.2, 0.25) is 0 Å². The lowest BCUT2D eigenvalue weighted by Crippen LogP contribution is -2.45. The lowest BCUT2D eigenvalue weighted by Gasteiger charge is -2.32. The SMILES string of the molecule is C=C(Cn1c(CNc2nc(N3CCN(C)CC3)nc3c(Br)cnn23)nc2c(F)c(F)ccc21)C(=O)Nc1cc(Nc2nccc(-c3cn(C)c4ccccc34)n2)c(OC)cc1N(C)CCN(C)C. The maximum absolute atomic E-state index is 15.4. The number of ether oxygens (including phenoxy) is 1. The maximum Gasteiger partial charge on any atom is 0.252 e. The summed E-state index contributed by atoms with van der Waals surface area (Å²) in [6.45, 7) is 8.58. The van der Waals surface area contributed by atoms with Gasteiger partial charge in [0, 0.05) is 93.9 Å². The minimum Gasteiger partial charge on any atom is -0.494 e. The molecule has 0 radical (unpaired) electrons. The number of likely N-dealkylation sites (N-methyl/N-ethyl adjacent to an activating group) is 3. The van der Waals surface area contributed by atoms with Gasteiger partial charge < -0.3 is 49.4 Å². The molecule has 18 nitrogen and oxygen atoms in total. The Bertz CT molecular complexity index is 3200. The van der Waals surface area contributed by atoms with Crippen molar-refractivity contribution in [3.05, 3.63) is 107 Å². The van der Waals surface area contributed by atoms with Gasteiger partial charge in [-0.05, 0) is 67.4 Å². The molecule has 0 aliphatic carbocycles. The first-order chi connectivity index (χ1) is 32.8. The Labute approximate surface area is 399 Å². The molecule has 3 aromatic carbocycles. The number of hydrogen-bond donors (Lipinski definition) is 3. The molecule has 1 saturated heterocycles. The highest BCUT2D eigenvalue weighted by Crippen LogP contribution is 2.39. The monoisotopic (exact) mass is 988 g/mol. The van der Waals surface area contributed by atoms with Crippen LogP contribution in [0.1, 0.15) is 5.82 Å². The minimum absolute atomic E-state index is 0.00545. The van der Waals surface area contributed by atoms with Gasteiger partial charge in [-0.3, -0.25) is 4.79 Å². The minimum atomic E-state index is -1.11. The summed E-state index contributed by atoms with van der Waals surface area (Å²) in [5, 5.41) is 15.2. The molecule has 3 N–H and O–H groups in total. The molecule has 8 aromatic rings. The molecule has 5 aromatic heterocycles. The highest BCUT2D eigenvalue weighted by molar-refractivity contribution is 9.10. The number of carbonyl (C=O) groups excluding carboxylic acids is 1. The van der Waals surface area contributed by atoms with E-state index in [2.05, 4.69) is 92.0 Å². The second-order valence-electron chi connectivity index (χ2n) is 17.0. The third-order valence-electron chi connectivity index (χ3n) is 12.0. The van der Waals surface area contributed by atoms with Crippen LogP contribution in [0.4, 0.5) is 43.7 Å². The number of aromatic nitrogens is 9. The number of anilines is 6. The average Bonchev–Trinajstić information content (AvgIpc) is 4.01. The molecule has 0 saturated carbocycles. The number of para-hydroxylation sites is 1. The number of nitrogens with one attached hydrogen (secondary N) is 3. The van der Waals surface area contributed by atoms with E-state index in [1.807, 2.05) is 63.6 Å². The standard InChI is InChI=1S/C47H51BrF2N16O2/c1-28(26-65-37-13-12-32(49)41(50)42(37)57-40(65)25-52-46-59-47(64-20-17-61(4)18-21-64)58-43-31(48)24-53-66(43)46)44(67)54-34-22-35(39(68-7)23-38(34)62(5)19-16-60(2)3)56-45-51-15-14-33(55-45)30-27-63(6)36-11-9-8-10-29(30)36/h8-15,22-24,27H,1,16-21,25-26H2,2-7H3,(H,54,67)(H,51,55,56)(H,52,58,59). The van der Waals surface area contributed by atoms with Crippen LogP contribution in [0.15, 0.2) is 89.8 Å². The topological polar surface area (TPSA) is 167 Å². The van der Waals surface area contributed by atoms with Gasteiger partial charge in [0.15, 0.2) is 17.3 Å².